The molecule has 1 atom stereocenters. The van der Waals surface area contributed by atoms with Crippen LogP contribution in [0.3, 0.4) is 0 Å². The number of rotatable bonds is 4. The third kappa shape index (κ3) is 3.37. The van der Waals surface area contributed by atoms with Crippen molar-refractivity contribution in [1.29, 1.82) is 0 Å². The largest absolute Gasteiger partial charge is 0.381 e. The maximum Gasteiger partial charge on any atom is 0.0468 e. The Kier molecular flexibility index (Phi) is 4.62. The van der Waals surface area contributed by atoms with Crippen molar-refractivity contribution in [3.63, 3.8) is 0 Å². The van der Waals surface area contributed by atoms with Crippen molar-refractivity contribution in [1.82, 2.24) is 0 Å². The van der Waals surface area contributed by atoms with Crippen LogP contribution in [0.4, 0.5) is 0 Å². The second kappa shape index (κ2) is 7.19. The molecule has 0 aromatic heterocycles. The molecule has 3 aromatic rings. The number of ether oxygens (including phenoxy) is 1. The van der Waals surface area contributed by atoms with Gasteiger partial charge in [-0.25, -0.2) is 0 Å². The fourth-order valence-electron chi connectivity index (χ4n) is 3.89. The Morgan fingerprint density at radius 2 is 1.46 bits per heavy atom. The molecule has 1 unspecified atom stereocenters. The van der Waals surface area contributed by atoms with Crippen molar-refractivity contribution < 1.29 is 4.74 Å². The van der Waals surface area contributed by atoms with Crippen molar-refractivity contribution in [3.05, 3.63) is 83.9 Å². The fraction of sp³-hybridized carbons (Fsp3) is 0.304. The highest BCUT2D eigenvalue weighted by Crippen LogP contribution is 2.35. The molecule has 0 N–H and O–H groups in total. The van der Waals surface area contributed by atoms with Crippen LogP contribution >= 0.6 is 0 Å². The second-order valence-electron chi connectivity index (χ2n) is 6.86. The van der Waals surface area contributed by atoms with E-state index in [4.69, 9.17) is 4.74 Å². The first-order valence-corrected chi connectivity index (χ1v) is 9.01. The lowest BCUT2D eigenvalue weighted by Gasteiger charge is -2.27. The molecule has 1 aliphatic rings. The molecule has 0 spiro atoms. The minimum absolute atomic E-state index is 0.471. The van der Waals surface area contributed by atoms with Crippen LogP contribution < -0.4 is 0 Å². The lowest BCUT2D eigenvalue weighted by atomic mass is 9.80. The van der Waals surface area contributed by atoms with Gasteiger partial charge in [-0.15, -0.1) is 0 Å². The van der Waals surface area contributed by atoms with E-state index in [1.165, 1.54) is 41.2 Å². The molecular formula is C23H24O. The molecule has 1 nitrogen and oxygen atoms in total. The van der Waals surface area contributed by atoms with Crippen LogP contribution in [-0.2, 0) is 4.74 Å². The summed E-state index contributed by atoms with van der Waals surface area (Å²) in [5.74, 6) is 1.23. The van der Waals surface area contributed by atoms with E-state index in [-0.39, 0.29) is 0 Å². The summed E-state index contributed by atoms with van der Waals surface area (Å²) in [6.07, 6.45) is 3.60. The van der Waals surface area contributed by atoms with Crippen LogP contribution in [0, 0.1) is 5.92 Å². The molecule has 1 saturated heterocycles. The predicted octanol–water partition coefficient (Wildman–Crippen LogP) is 5.79. The van der Waals surface area contributed by atoms with Gasteiger partial charge >= 0.3 is 0 Å². The zero-order chi connectivity index (χ0) is 16.2. The zero-order valence-electron chi connectivity index (χ0n) is 14.0. The van der Waals surface area contributed by atoms with Gasteiger partial charge in [0, 0.05) is 19.1 Å². The van der Waals surface area contributed by atoms with Gasteiger partial charge in [-0.1, -0.05) is 72.8 Å². The third-order valence-corrected chi connectivity index (χ3v) is 5.29. The van der Waals surface area contributed by atoms with E-state index in [1.54, 1.807) is 0 Å². The molecule has 3 aromatic carbocycles. The molecule has 0 saturated carbocycles. The lowest BCUT2D eigenvalue weighted by Crippen LogP contribution is -2.18. The Balaban J connectivity index is 1.70. The highest BCUT2D eigenvalue weighted by molar-refractivity contribution is 5.83. The molecule has 0 amide bonds. The first-order chi connectivity index (χ1) is 11.9. The van der Waals surface area contributed by atoms with Gasteiger partial charge in [0.2, 0.25) is 0 Å². The normalized spacial score (nSPS) is 17.0. The average Bonchev–Trinajstić information content (AvgIpc) is 2.67. The summed E-state index contributed by atoms with van der Waals surface area (Å²) in [7, 11) is 0. The number of hydrogen-bond donors (Lipinski definition) is 0. The Morgan fingerprint density at radius 1 is 0.750 bits per heavy atom. The summed E-state index contributed by atoms with van der Waals surface area (Å²) in [5.41, 5.74) is 2.87. The van der Waals surface area contributed by atoms with Gasteiger partial charge in [0.1, 0.15) is 0 Å². The Hall–Kier alpha value is -2.12. The van der Waals surface area contributed by atoms with Crippen molar-refractivity contribution >= 4 is 10.8 Å². The maximum absolute atomic E-state index is 5.55. The fourth-order valence-corrected chi connectivity index (χ4v) is 3.89. The first-order valence-electron chi connectivity index (χ1n) is 9.01. The summed E-state index contributed by atoms with van der Waals surface area (Å²) in [6, 6.07) is 26.6. The minimum atomic E-state index is 0.471. The Labute approximate surface area is 144 Å². The van der Waals surface area contributed by atoms with Crippen molar-refractivity contribution in [3.8, 4) is 0 Å². The summed E-state index contributed by atoms with van der Waals surface area (Å²) in [5, 5.41) is 2.65. The summed E-state index contributed by atoms with van der Waals surface area (Å²) >= 11 is 0. The van der Waals surface area contributed by atoms with Gasteiger partial charge in [-0.3, -0.25) is 0 Å². The van der Waals surface area contributed by atoms with Crippen LogP contribution in [0.1, 0.15) is 36.3 Å². The van der Waals surface area contributed by atoms with Crippen molar-refractivity contribution in [2.75, 3.05) is 13.2 Å². The van der Waals surface area contributed by atoms with Crippen LogP contribution in [-0.4, -0.2) is 13.2 Å². The number of benzene rings is 3. The maximum atomic E-state index is 5.55. The first kappa shape index (κ1) is 15.4. The number of hydrogen-bond acceptors (Lipinski definition) is 1. The molecule has 0 radical (unpaired) electrons. The summed E-state index contributed by atoms with van der Waals surface area (Å²) in [6.45, 7) is 1.84. The van der Waals surface area contributed by atoms with E-state index >= 15 is 0 Å². The zero-order valence-corrected chi connectivity index (χ0v) is 14.0. The van der Waals surface area contributed by atoms with Crippen LogP contribution in [0.2, 0.25) is 0 Å². The van der Waals surface area contributed by atoms with Crippen LogP contribution in [0.5, 0.6) is 0 Å². The average molecular weight is 316 g/mol. The van der Waals surface area contributed by atoms with Crippen LogP contribution in [0.15, 0.2) is 72.8 Å². The van der Waals surface area contributed by atoms with E-state index < -0.39 is 0 Å². The minimum Gasteiger partial charge on any atom is -0.381 e. The molecule has 0 bridgehead atoms. The van der Waals surface area contributed by atoms with E-state index in [9.17, 15) is 0 Å². The Bertz CT molecular complexity index is 787. The van der Waals surface area contributed by atoms with Gasteiger partial charge in [0.15, 0.2) is 0 Å². The van der Waals surface area contributed by atoms with Crippen molar-refractivity contribution in [2.24, 2.45) is 5.92 Å². The molecular weight excluding hydrogens is 292 g/mol. The standard InChI is InChI=1S/C23H24O/c1-2-7-20(8-3-1)23(16-18-12-14-24-15-13-18)22-11-10-19-6-4-5-9-21(19)17-22/h1-11,17-18,23H,12-16H2. The highest BCUT2D eigenvalue weighted by atomic mass is 16.5. The molecule has 122 valence electrons. The Morgan fingerprint density at radius 3 is 2.25 bits per heavy atom. The van der Waals surface area contributed by atoms with E-state index in [0.717, 1.165) is 19.1 Å². The van der Waals surface area contributed by atoms with Gasteiger partial charge in [-0.05, 0) is 47.1 Å². The molecule has 1 aliphatic heterocycles. The topological polar surface area (TPSA) is 9.23 Å². The molecule has 1 heteroatoms. The van der Waals surface area contributed by atoms with Gasteiger partial charge in [0.05, 0.1) is 0 Å². The molecule has 24 heavy (non-hydrogen) atoms. The monoisotopic (exact) mass is 316 g/mol. The van der Waals surface area contributed by atoms with E-state index in [1.807, 2.05) is 0 Å². The second-order valence-corrected chi connectivity index (χ2v) is 6.86. The van der Waals surface area contributed by atoms with Gasteiger partial charge in [-0.2, -0.15) is 0 Å². The SMILES string of the molecule is c1ccc(C(CC2CCOCC2)c2ccc3ccccc3c2)cc1. The van der Waals surface area contributed by atoms with E-state index in [0.29, 0.717) is 5.92 Å². The third-order valence-electron chi connectivity index (χ3n) is 5.29. The lowest BCUT2D eigenvalue weighted by molar-refractivity contribution is 0.0627. The predicted molar refractivity (Wildman–Crippen MR) is 100 cm³/mol. The van der Waals surface area contributed by atoms with Gasteiger partial charge in [0.25, 0.3) is 0 Å². The molecule has 1 heterocycles. The summed E-state index contributed by atoms with van der Waals surface area (Å²) in [4.78, 5) is 0. The molecule has 1 fully saturated rings. The van der Waals surface area contributed by atoms with E-state index in [2.05, 4.69) is 72.8 Å². The van der Waals surface area contributed by atoms with Crippen LogP contribution in [0.25, 0.3) is 10.8 Å². The highest BCUT2D eigenvalue weighted by Gasteiger charge is 2.22. The molecule has 4 rings (SSSR count). The summed E-state index contributed by atoms with van der Waals surface area (Å²) < 4.78 is 5.55. The smallest absolute Gasteiger partial charge is 0.0468 e. The quantitative estimate of drug-likeness (QED) is 0.592. The molecule has 0 aliphatic carbocycles. The van der Waals surface area contributed by atoms with Gasteiger partial charge < -0.3 is 4.74 Å². The van der Waals surface area contributed by atoms with Crippen molar-refractivity contribution in [2.45, 2.75) is 25.2 Å². The number of fused-ring (bicyclic) bond motifs is 1.